The minimum absolute atomic E-state index is 0.00849. The van der Waals surface area contributed by atoms with Crippen molar-refractivity contribution in [2.45, 2.75) is 31.7 Å². The second kappa shape index (κ2) is 6.87. The van der Waals surface area contributed by atoms with Gasteiger partial charge in [-0.3, -0.25) is 4.72 Å². The fourth-order valence-electron chi connectivity index (χ4n) is 2.27. The van der Waals surface area contributed by atoms with E-state index in [4.69, 9.17) is 0 Å². The van der Waals surface area contributed by atoms with Crippen LogP contribution in [0.25, 0.3) is 0 Å². The Morgan fingerprint density at radius 3 is 2.85 bits per heavy atom. The fraction of sp³-hybridized carbons (Fsp3) is 0.538. The minimum atomic E-state index is -3.54. The van der Waals surface area contributed by atoms with Crippen molar-refractivity contribution in [3.8, 4) is 0 Å². The highest BCUT2D eigenvalue weighted by Crippen LogP contribution is 2.26. The molecule has 1 atom stereocenters. The number of anilines is 1. The van der Waals surface area contributed by atoms with Gasteiger partial charge in [0.2, 0.25) is 10.0 Å². The lowest BCUT2D eigenvalue weighted by atomic mass is 10.0. The Morgan fingerprint density at radius 1 is 1.40 bits per heavy atom. The van der Waals surface area contributed by atoms with Crippen molar-refractivity contribution in [2.75, 3.05) is 17.0 Å². The van der Waals surface area contributed by atoms with Gasteiger partial charge in [-0.15, -0.1) is 0 Å². The van der Waals surface area contributed by atoms with E-state index in [1.165, 1.54) is 12.1 Å². The maximum Gasteiger partial charge on any atom is 0.232 e. The molecule has 0 aromatic heterocycles. The summed E-state index contributed by atoms with van der Waals surface area (Å²) in [5, 5.41) is 3.30. The number of halogens is 2. The number of piperidine rings is 1. The molecule has 1 unspecified atom stereocenters. The number of benzene rings is 1. The molecule has 1 aliphatic heterocycles. The summed E-state index contributed by atoms with van der Waals surface area (Å²) < 4.78 is 40.4. The summed E-state index contributed by atoms with van der Waals surface area (Å²) in [6.45, 7) is 0.941. The van der Waals surface area contributed by atoms with E-state index in [0.29, 0.717) is 10.9 Å². The van der Waals surface area contributed by atoms with Gasteiger partial charge in [0.1, 0.15) is 5.82 Å². The van der Waals surface area contributed by atoms with Gasteiger partial charge in [0, 0.05) is 10.5 Å². The van der Waals surface area contributed by atoms with Crippen LogP contribution in [0.3, 0.4) is 0 Å². The van der Waals surface area contributed by atoms with Crippen molar-refractivity contribution in [1.82, 2.24) is 5.32 Å². The van der Waals surface area contributed by atoms with Crippen molar-refractivity contribution in [1.29, 1.82) is 0 Å². The Labute approximate surface area is 127 Å². The molecule has 0 saturated carbocycles. The van der Waals surface area contributed by atoms with Crippen molar-refractivity contribution >= 4 is 31.6 Å². The highest BCUT2D eigenvalue weighted by atomic mass is 79.9. The quantitative estimate of drug-likeness (QED) is 0.844. The molecule has 0 bridgehead atoms. The molecule has 1 aromatic rings. The van der Waals surface area contributed by atoms with Crippen LogP contribution in [-0.4, -0.2) is 26.8 Å². The van der Waals surface area contributed by atoms with Crippen LogP contribution in [0.1, 0.15) is 25.7 Å². The monoisotopic (exact) mass is 364 g/mol. The molecule has 4 nitrogen and oxygen atoms in total. The average Bonchev–Trinajstić information content (AvgIpc) is 2.42. The summed E-state index contributed by atoms with van der Waals surface area (Å²) in [5.41, 5.74) is -0.0240. The van der Waals surface area contributed by atoms with E-state index >= 15 is 0 Å². The van der Waals surface area contributed by atoms with Crippen molar-refractivity contribution < 1.29 is 12.8 Å². The normalized spacial score (nSPS) is 19.8. The zero-order valence-corrected chi connectivity index (χ0v) is 13.4. The minimum Gasteiger partial charge on any atom is -0.314 e. The smallest absolute Gasteiger partial charge is 0.232 e. The number of para-hydroxylation sites is 1. The Balaban J connectivity index is 1.96. The lowest BCUT2D eigenvalue weighted by molar-refractivity contribution is 0.393. The first-order valence-corrected chi connectivity index (χ1v) is 9.10. The van der Waals surface area contributed by atoms with E-state index in [1.54, 1.807) is 6.07 Å². The van der Waals surface area contributed by atoms with E-state index < -0.39 is 15.8 Å². The summed E-state index contributed by atoms with van der Waals surface area (Å²) in [7, 11) is -3.54. The van der Waals surface area contributed by atoms with E-state index in [-0.39, 0.29) is 17.5 Å². The maximum absolute atomic E-state index is 13.6. The van der Waals surface area contributed by atoms with Gasteiger partial charge in [0.25, 0.3) is 0 Å². The molecule has 1 heterocycles. The molecule has 0 radical (unpaired) electrons. The van der Waals surface area contributed by atoms with Crippen molar-refractivity contribution in [3.63, 3.8) is 0 Å². The van der Waals surface area contributed by atoms with Gasteiger partial charge in [-0.1, -0.05) is 12.5 Å². The topological polar surface area (TPSA) is 58.2 Å². The van der Waals surface area contributed by atoms with Gasteiger partial charge >= 0.3 is 0 Å². The largest absolute Gasteiger partial charge is 0.314 e. The Bertz CT molecular complexity index is 539. The lowest BCUT2D eigenvalue weighted by Gasteiger charge is -2.23. The van der Waals surface area contributed by atoms with Crippen LogP contribution < -0.4 is 10.0 Å². The van der Waals surface area contributed by atoms with Gasteiger partial charge in [-0.25, -0.2) is 12.8 Å². The first kappa shape index (κ1) is 15.7. The Kier molecular flexibility index (Phi) is 5.40. The predicted octanol–water partition coefficient (Wildman–Crippen LogP) is 2.86. The van der Waals surface area contributed by atoms with Crippen LogP contribution in [-0.2, 0) is 10.0 Å². The molecule has 7 heteroatoms. The van der Waals surface area contributed by atoms with E-state index in [1.807, 2.05) is 0 Å². The zero-order chi connectivity index (χ0) is 14.6. The molecule has 112 valence electrons. The molecular weight excluding hydrogens is 347 g/mol. The second-order valence-electron chi connectivity index (χ2n) is 4.95. The third-order valence-electron chi connectivity index (χ3n) is 3.37. The fourth-order valence-corrected chi connectivity index (χ4v) is 4.06. The molecule has 2 rings (SSSR count). The number of sulfonamides is 1. The van der Waals surface area contributed by atoms with Crippen LogP contribution in [0.15, 0.2) is 22.7 Å². The number of hydrogen-bond acceptors (Lipinski definition) is 3. The van der Waals surface area contributed by atoms with Gasteiger partial charge in [-0.2, -0.15) is 0 Å². The predicted molar refractivity (Wildman–Crippen MR) is 81.8 cm³/mol. The Morgan fingerprint density at radius 2 is 2.20 bits per heavy atom. The first-order chi connectivity index (χ1) is 9.48. The first-order valence-electron chi connectivity index (χ1n) is 6.66. The van der Waals surface area contributed by atoms with Gasteiger partial charge < -0.3 is 5.32 Å². The third-order valence-corrected chi connectivity index (χ3v) is 5.32. The molecule has 1 fully saturated rings. The van der Waals surface area contributed by atoms with E-state index in [2.05, 4.69) is 26.0 Å². The SMILES string of the molecule is O=S(=O)(CCC1CCCCN1)Nc1c(F)cccc1Br. The Hall–Kier alpha value is -0.660. The highest BCUT2D eigenvalue weighted by Gasteiger charge is 2.19. The number of rotatable bonds is 5. The molecule has 1 aromatic carbocycles. The molecule has 0 aliphatic carbocycles. The van der Waals surface area contributed by atoms with Gasteiger partial charge in [-0.05, 0) is 53.9 Å². The zero-order valence-electron chi connectivity index (χ0n) is 11.0. The third kappa shape index (κ3) is 4.43. The van der Waals surface area contributed by atoms with E-state index in [9.17, 15) is 12.8 Å². The molecule has 2 N–H and O–H groups in total. The van der Waals surface area contributed by atoms with Crippen LogP contribution in [0, 0.1) is 5.82 Å². The summed E-state index contributed by atoms with van der Waals surface area (Å²) in [5.74, 6) is -0.593. The maximum atomic E-state index is 13.6. The standard InChI is InChI=1S/C13H18BrFN2O2S/c14-11-5-3-6-12(15)13(11)17-20(18,19)9-7-10-4-1-2-8-16-10/h3,5-6,10,16-17H,1-2,4,7-9H2. The second-order valence-corrected chi connectivity index (χ2v) is 7.65. The van der Waals surface area contributed by atoms with Crippen LogP contribution >= 0.6 is 15.9 Å². The summed E-state index contributed by atoms with van der Waals surface area (Å²) in [6, 6.07) is 4.59. The summed E-state index contributed by atoms with van der Waals surface area (Å²) in [6.07, 6.45) is 3.81. The van der Waals surface area contributed by atoms with Gasteiger partial charge in [0.15, 0.2) is 0 Å². The van der Waals surface area contributed by atoms with Crippen molar-refractivity contribution in [2.24, 2.45) is 0 Å². The molecular formula is C13H18BrFN2O2S. The van der Waals surface area contributed by atoms with Gasteiger partial charge in [0.05, 0.1) is 11.4 Å². The van der Waals surface area contributed by atoms with Crippen LogP contribution in [0.2, 0.25) is 0 Å². The average molecular weight is 365 g/mol. The molecule has 1 saturated heterocycles. The van der Waals surface area contributed by atoms with Crippen LogP contribution in [0.5, 0.6) is 0 Å². The number of hydrogen-bond donors (Lipinski definition) is 2. The van der Waals surface area contributed by atoms with E-state index in [0.717, 1.165) is 25.8 Å². The molecule has 20 heavy (non-hydrogen) atoms. The van der Waals surface area contributed by atoms with Crippen LogP contribution in [0.4, 0.5) is 10.1 Å². The molecule has 0 amide bonds. The highest BCUT2D eigenvalue weighted by molar-refractivity contribution is 9.10. The summed E-state index contributed by atoms with van der Waals surface area (Å²) >= 11 is 3.15. The molecule has 0 spiro atoms. The lowest BCUT2D eigenvalue weighted by Crippen LogP contribution is -2.36. The summed E-state index contributed by atoms with van der Waals surface area (Å²) in [4.78, 5) is 0. The number of nitrogens with one attached hydrogen (secondary N) is 2. The van der Waals surface area contributed by atoms with Crippen molar-refractivity contribution in [3.05, 3.63) is 28.5 Å². The molecule has 1 aliphatic rings.